The van der Waals surface area contributed by atoms with Crippen molar-refractivity contribution in [1.82, 2.24) is 10.2 Å². The average Bonchev–Trinajstić information content (AvgIpc) is 3.06. The van der Waals surface area contributed by atoms with Gasteiger partial charge in [-0.25, -0.2) is 8.42 Å². The summed E-state index contributed by atoms with van der Waals surface area (Å²) in [5.74, 6) is -0.775. The number of carbonyl (C=O) groups is 2. The number of para-hydroxylation sites is 1. The second kappa shape index (κ2) is 16.1. The Bertz CT molecular complexity index is 1710. The number of carbonyl (C=O) groups excluding carboxylic acids is 2. The highest BCUT2D eigenvalue weighted by Gasteiger charge is 2.35. The predicted octanol–water partition coefficient (Wildman–Crippen LogP) is 7.16. The minimum atomic E-state index is -4.20. The quantitative estimate of drug-likeness (QED) is 0.153. The van der Waals surface area contributed by atoms with E-state index in [0.717, 1.165) is 15.4 Å². The summed E-state index contributed by atoms with van der Waals surface area (Å²) >= 11 is 13.2. The van der Waals surface area contributed by atoms with Crippen LogP contribution in [0.15, 0.2) is 108 Å². The van der Waals surface area contributed by atoms with E-state index in [1.165, 1.54) is 17.0 Å². The molecule has 0 radical (unpaired) electrons. The molecule has 0 heterocycles. The Morgan fingerprint density at radius 3 is 2.00 bits per heavy atom. The molecule has 242 valence electrons. The van der Waals surface area contributed by atoms with Gasteiger partial charge in [-0.2, -0.15) is 0 Å². The van der Waals surface area contributed by atoms with Crippen LogP contribution in [0.2, 0.25) is 10.0 Å². The zero-order chi connectivity index (χ0) is 33.3. The van der Waals surface area contributed by atoms with Crippen LogP contribution in [-0.2, 0) is 39.0 Å². The lowest BCUT2D eigenvalue weighted by atomic mass is 10.0. The van der Waals surface area contributed by atoms with Crippen molar-refractivity contribution in [3.05, 3.63) is 130 Å². The van der Waals surface area contributed by atoms with Crippen LogP contribution in [0.5, 0.6) is 0 Å². The SMILES string of the molecule is CCc1ccccc1N(CC(=O)N(Cc1c(Cl)cccc1Cl)[C@H](Cc1ccccc1)C(=O)NCC(C)C)S(=O)(=O)c1ccccc1. The van der Waals surface area contributed by atoms with Gasteiger partial charge in [0.25, 0.3) is 10.0 Å². The summed E-state index contributed by atoms with van der Waals surface area (Å²) in [4.78, 5) is 30.0. The van der Waals surface area contributed by atoms with E-state index in [2.05, 4.69) is 5.32 Å². The van der Waals surface area contributed by atoms with Crippen molar-refractivity contribution in [2.75, 3.05) is 17.4 Å². The Morgan fingerprint density at radius 2 is 1.39 bits per heavy atom. The lowest BCUT2D eigenvalue weighted by Gasteiger charge is -2.34. The summed E-state index contributed by atoms with van der Waals surface area (Å²) in [6.45, 7) is 5.62. The van der Waals surface area contributed by atoms with Gasteiger partial charge in [0.2, 0.25) is 11.8 Å². The van der Waals surface area contributed by atoms with Gasteiger partial charge in [-0.05, 0) is 53.8 Å². The van der Waals surface area contributed by atoms with Crippen molar-refractivity contribution in [3.63, 3.8) is 0 Å². The van der Waals surface area contributed by atoms with Gasteiger partial charge >= 0.3 is 0 Å². The summed E-state index contributed by atoms with van der Waals surface area (Å²) in [5, 5.41) is 3.64. The molecule has 0 aliphatic rings. The van der Waals surface area contributed by atoms with Crippen LogP contribution in [-0.4, -0.2) is 44.3 Å². The third-order valence-electron chi connectivity index (χ3n) is 7.60. The maximum atomic E-state index is 14.7. The van der Waals surface area contributed by atoms with Crippen LogP contribution in [0.3, 0.4) is 0 Å². The van der Waals surface area contributed by atoms with Crippen LogP contribution in [0.1, 0.15) is 37.5 Å². The third-order valence-corrected chi connectivity index (χ3v) is 10.1. The van der Waals surface area contributed by atoms with Crippen molar-refractivity contribution in [2.24, 2.45) is 5.92 Å². The monoisotopic (exact) mass is 679 g/mol. The van der Waals surface area contributed by atoms with Crippen molar-refractivity contribution in [2.45, 2.75) is 51.1 Å². The van der Waals surface area contributed by atoms with Crippen LogP contribution in [0, 0.1) is 5.92 Å². The molecule has 0 aliphatic carbocycles. The molecule has 0 bridgehead atoms. The fourth-order valence-electron chi connectivity index (χ4n) is 5.12. The van der Waals surface area contributed by atoms with E-state index in [0.29, 0.717) is 34.3 Å². The summed E-state index contributed by atoms with van der Waals surface area (Å²) in [6, 6.07) is 28.5. The summed E-state index contributed by atoms with van der Waals surface area (Å²) < 4.78 is 29.6. The van der Waals surface area contributed by atoms with Crippen LogP contribution in [0.4, 0.5) is 5.69 Å². The van der Waals surface area contributed by atoms with E-state index in [1.807, 2.05) is 63.2 Å². The summed E-state index contributed by atoms with van der Waals surface area (Å²) in [6.07, 6.45) is 0.730. The summed E-state index contributed by atoms with van der Waals surface area (Å²) in [7, 11) is -4.20. The molecule has 0 aromatic heterocycles. The number of nitrogens with zero attached hydrogens (tertiary/aromatic N) is 2. The molecule has 1 N–H and O–H groups in total. The Balaban J connectivity index is 1.85. The predicted molar refractivity (Wildman–Crippen MR) is 186 cm³/mol. The van der Waals surface area contributed by atoms with Crippen molar-refractivity contribution >= 4 is 50.7 Å². The first kappa shape index (κ1) is 35.0. The van der Waals surface area contributed by atoms with E-state index in [4.69, 9.17) is 23.2 Å². The van der Waals surface area contributed by atoms with E-state index in [1.54, 1.807) is 48.5 Å². The van der Waals surface area contributed by atoms with Crippen LogP contribution in [0.25, 0.3) is 0 Å². The second-order valence-electron chi connectivity index (χ2n) is 11.4. The molecule has 4 rings (SSSR count). The molecule has 2 amide bonds. The lowest BCUT2D eigenvalue weighted by Crippen LogP contribution is -2.54. The second-order valence-corrected chi connectivity index (χ2v) is 14.1. The third kappa shape index (κ3) is 8.69. The number of sulfonamides is 1. The minimum absolute atomic E-state index is 0.0462. The molecule has 0 unspecified atom stereocenters. The Kier molecular flexibility index (Phi) is 12.3. The van der Waals surface area contributed by atoms with Gasteiger partial charge in [0, 0.05) is 35.1 Å². The van der Waals surface area contributed by atoms with Gasteiger partial charge in [-0.15, -0.1) is 0 Å². The number of anilines is 1. The number of hydrogen-bond acceptors (Lipinski definition) is 4. The zero-order valence-corrected chi connectivity index (χ0v) is 28.5. The van der Waals surface area contributed by atoms with E-state index < -0.39 is 28.5 Å². The van der Waals surface area contributed by atoms with Crippen LogP contribution < -0.4 is 9.62 Å². The maximum absolute atomic E-state index is 14.7. The minimum Gasteiger partial charge on any atom is -0.354 e. The standard InChI is InChI=1S/C36H39Cl2N3O4S/c1-4-28-16-11-12-21-33(28)41(46(44,45)29-17-9-6-10-18-29)25-35(42)40(24-30-31(37)19-13-20-32(30)38)34(36(43)39-23-26(2)3)22-27-14-7-5-8-15-27/h5-21,26,34H,4,22-25H2,1-3H3,(H,39,43)/t34-/m1/s1. The highest BCUT2D eigenvalue weighted by molar-refractivity contribution is 7.92. The lowest BCUT2D eigenvalue weighted by molar-refractivity contribution is -0.140. The Hall–Kier alpha value is -3.85. The zero-order valence-electron chi connectivity index (χ0n) is 26.2. The average molecular weight is 681 g/mol. The highest BCUT2D eigenvalue weighted by Crippen LogP contribution is 2.30. The fraction of sp³-hybridized carbons (Fsp3) is 0.278. The smallest absolute Gasteiger partial charge is 0.264 e. The molecule has 7 nitrogen and oxygen atoms in total. The number of benzene rings is 4. The van der Waals surface area contributed by atoms with Crippen molar-refractivity contribution in [1.29, 1.82) is 0 Å². The normalized spacial score (nSPS) is 12.0. The molecule has 10 heteroatoms. The van der Waals surface area contributed by atoms with Crippen molar-refractivity contribution in [3.8, 4) is 0 Å². The molecule has 0 spiro atoms. The first-order valence-electron chi connectivity index (χ1n) is 15.2. The van der Waals surface area contributed by atoms with Gasteiger partial charge in [0.1, 0.15) is 12.6 Å². The van der Waals surface area contributed by atoms with E-state index in [-0.39, 0.29) is 29.7 Å². The molecular formula is C36H39Cl2N3O4S. The highest BCUT2D eigenvalue weighted by atomic mass is 35.5. The fourth-order valence-corrected chi connectivity index (χ4v) is 7.11. The molecule has 0 saturated carbocycles. The van der Waals surface area contributed by atoms with Gasteiger partial charge in [0.05, 0.1) is 10.6 Å². The molecule has 0 aliphatic heterocycles. The number of amides is 2. The van der Waals surface area contributed by atoms with Gasteiger partial charge < -0.3 is 10.2 Å². The summed E-state index contributed by atoms with van der Waals surface area (Å²) in [5.41, 5.74) is 2.44. The number of hydrogen-bond donors (Lipinski definition) is 1. The topological polar surface area (TPSA) is 86.8 Å². The van der Waals surface area contributed by atoms with E-state index in [9.17, 15) is 18.0 Å². The number of rotatable bonds is 14. The Morgan fingerprint density at radius 1 is 0.804 bits per heavy atom. The van der Waals surface area contributed by atoms with E-state index >= 15 is 0 Å². The molecule has 4 aromatic carbocycles. The first-order valence-corrected chi connectivity index (χ1v) is 17.4. The Labute approximate surface area is 282 Å². The maximum Gasteiger partial charge on any atom is 0.264 e. The number of aryl methyl sites for hydroxylation is 1. The molecule has 1 atom stereocenters. The molecule has 4 aromatic rings. The van der Waals surface area contributed by atoms with Crippen molar-refractivity contribution < 1.29 is 18.0 Å². The molecule has 0 saturated heterocycles. The molecular weight excluding hydrogens is 641 g/mol. The van der Waals surface area contributed by atoms with Gasteiger partial charge in [-0.3, -0.25) is 13.9 Å². The largest absolute Gasteiger partial charge is 0.354 e. The van der Waals surface area contributed by atoms with Gasteiger partial charge in [-0.1, -0.05) is 117 Å². The number of nitrogens with one attached hydrogen (secondary N) is 1. The number of halogens is 2. The van der Waals surface area contributed by atoms with Gasteiger partial charge in [0.15, 0.2) is 0 Å². The molecule has 0 fully saturated rings. The first-order chi connectivity index (χ1) is 22.0. The van der Waals surface area contributed by atoms with Crippen LogP contribution >= 0.6 is 23.2 Å². The molecule has 46 heavy (non-hydrogen) atoms.